The third kappa shape index (κ3) is 3.69. The van der Waals surface area contributed by atoms with Crippen LogP contribution in [0, 0.1) is 6.92 Å². The topological polar surface area (TPSA) is 94.3 Å². The Labute approximate surface area is 145 Å². The van der Waals surface area contributed by atoms with Crippen molar-refractivity contribution in [1.82, 2.24) is 10.1 Å². The van der Waals surface area contributed by atoms with Crippen LogP contribution in [0.2, 0.25) is 0 Å². The lowest BCUT2D eigenvalue weighted by Gasteiger charge is -2.11. The second-order valence-corrected chi connectivity index (χ2v) is 6.55. The van der Waals surface area contributed by atoms with Crippen LogP contribution in [0.25, 0.3) is 10.6 Å². The van der Waals surface area contributed by atoms with Gasteiger partial charge < -0.3 is 14.6 Å². The second-order valence-electron chi connectivity index (χ2n) is 4.91. The minimum Gasteiger partial charge on any atom is -0.448 e. The maximum atomic E-state index is 12.1. The first-order valence-electron chi connectivity index (χ1n) is 6.96. The predicted octanol–water partition coefficient (Wildman–Crippen LogP) is 3.35. The third-order valence-electron chi connectivity index (χ3n) is 3.01. The third-order valence-corrected chi connectivity index (χ3v) is 4.59. The van der Waals surface area contributed by atoms with E-state index >= 15 is 0 Å². The molecule has 1 atom stereocenters. The van der Waals surface area contributed by atoms with E-state index in [0.717, 1.165) is 10.6 Å². The number of carbonyl (C=O) groups excluding carboxylic acids is 2. The number of aromatic nitrogens is 2. The Morgan fingerprint density at radius 2 is 2.21 bits per heavy atom. The molecule has 3 rings (SSSR count). The van der Waals surface area contributed by atoms with E-state index < -0.39 is 18.0 Å². The molecule has 3 heterocycles. The summed E-state index contributed by atoms with van der Waals surface area (Å²) >= 11 is 2.90. The number of ether oxygens (including phenoxy) is 1. The molecule has 0 saturated heterocycles. The van der Waals surface area contributed by atoms with Crippen LogP contribution in [0.5, 0.6) is 0 Å². The van der Waals surface area contributed by atoms with Crippen molar-refractivity contribution in [2.75, 3.05) is 5.32 Å². The molecule has 1 amide bonds. The first kappa shape index (κ1) is 16.3. The number of amides is 1. The smallest absolute Gasteiger partial charge is 0.358 e. The summed E-state index contributed by atoms with van der Waals surface area (Å²) in [5.41, 5.74) is 1.13. The van der Waals surface area contributed by atoms with Crippen molar-refractivity contribution in [3.8, 4) is 10.6 Å². The minimum atomic E-state index is -0.985. The molecule has 24 heavy (non-hydrogen) atoms. The number of hydrogen-bond acceptors (Lipinski definition) is 8. The van der Waals surface area contributed by atoms with E-state index in [2.05, 4.69) is 15.5 Å². The summed E-state index contributed by atoms with van der Waals surface area (Å²) in [4.78, 5) is 28.3. The van der Waals surface area contributed by atoms with Gasteiger partial charge in [-0.3, -0.25) is 4.79 Å². The molecule has 0 radical (unpaired) electrons. The van der Waals surface area contributed by atoms with Gasteiger partial charge in [0.25, 0.3) is 5.91 Å². The second kappa shape index (κ2) is 6.93. The Bertz CT molecular complexity index is 854. The van der Waals surface area contributed by atoms with Gasteiger partial charge >= 0.3 is 5.97 Å². The number of carbonyl (C=O) groups is 2. The van der Waals surface area contributed by atoms with Gasteiger partial charge in [0.1, 0.15) is 10.8 Å². The first-order chi connectivity index (χ1) is 11.5. The van der Waals surface area contributed by atoms with Gasteiger partial charge in [0.15, 0.2) is 17.6 Å². The van der Waals surface area contributed by atoms with E-state index in [0.29, 0.717) is 5.76 Å². The average molecular weight is 363 g/mol. The molecule has 0 aliphatic heterocycles. The van der Waals surface area contributed by atoms with Crippen molar-refractivity contribution in [2.45, 2.75) is 20.0 Å². The number of nitrogens with one attached hydrogen (secondary N) is 1. The fourth-order valence-electron chi connectivity index (χ4n) is 1.81. The Kier molecular flexibility index (Phi) is 4.72. The minimum absolute atomic E-state index is 0.179. The summed E-state index contributed by atoms with van der Waals surface area (Å²) in [6.45, 7) is 3.19. The summed E-state index contributed by atoms with van der Waals surface area (Å²) in [6, 6.07) is 3.49. The number of nitrogens with zero attached hydrogens (tertiary/aromatic N) is 2. The van der Waals surface area contributed by atoms with Crippen LogP contribution in [0.3, 0.4) is 0 Å². The molecule has 0 aliphatic rings. The van der Waals surface area contributed by atoms with Crippen molar-refractivity contribution in [3.63, 3.8) is 0 Å². The van der Waals surface area contributed by atoms with Gasteiger partial charge in [-0.2, -0.15) is 11.3 Å². The van der Waals surface area contributed by atoms with Gasteiger partial charge in [-0.25, -0.2) is 9.78 Å². The molecule has 3 aromatic heterocycles. The van der Waals surface area contributed by atoms with Crippen molar-refractivity contribution >= 4 is 40.4 Å². The average Bonchev–Trinajstić information content (AvgIpc) is 3.28. The first-order valence-corrected chi connectivity index (χ1v) is 8.78. The molecule has 0 spiro atoms. The van der Waals surface area contributed by atoms with Crippen LogP contribution < -0.4 is 5.32 Å². The number of hydrogen-bond donors (Lipinski definition) is 1. The molecule has 9 heteroatoms. The molecule has 3 aromatic rings. The fraction of sp³-hybridized carbons (Fsp3) is 0.200. The monoisotopic (exact) mass is 363 g/mol. The van der Waals surface area contributed by atoms with Crippen LogP contribution >= 0.6 is 22.7 Å². The predicted molar refractivity (Wildman–Crippen MR) is 90.2 cm³/mol. The van der Waals surface area contributed by atoms with Gasteiger partial charge in [0.05, 0.1) is 0 Å². The zero-order valence-electron chi connectivity index (χ0n) is 12.8. The molecular weight excluding hydrogens is 350 g/mol. The van der Waals surface area contributed by atoms with E-state index in [1.807, 2.05) is 16.8 Å². The maximum Gasteiger partial charge on any atom is 0.358 e. The van der Waals surface area contributed by atoms with Crippen LogP contribution in [0.15, 0.2) is 32.8 Å². The Morgan fingerprint density at radius 1 is 1.38 bits per heavy atom. The lowest BCUT2D eigenvalue weighted by atomic mass is 10.3. The Hall–Kier alpha value is -2.52. The van der Waals surface area contributed by atoms with Crippen LogP contribution in [-0.4, -0.2) is 28.1 Å². The largest absolute Gasteiger partial charge is 0.448 e. The highest BCUT2D eigenvalue weighted by molar-refractivity contribution is 7.14. The highest BCUT2D eigenvalue weighted by atomic mass is 32.1. The van der Waals surface area contributed by atoms with E-state index in [4.69, 9.17) is 9.26 Å². The molecular formula is C15H13N3O4S2. The van der Waals surface area contributed by atoms with E-state index in [-0.39, 0.29) is 11.5 Å². The molecule has 7 nitrogen and oxygen atoms in total. The normalized spacial score (nSPS) is 11.9. The number of anilines is 1. The number of aryl methyl sites for hydroxylation is 1. The zero-order chi connectivity index (χ0) is 17.1. The van der Waals surface area contributed by atoms with Gasteiger partial charge in [0.2, 0.25) is 0 Å². The molecule has 0 aliphatic carbocycles. The summed E-state index contributed by atoms with van der Waals surface area (Å²) in [5.74, 6) is -0.302. The summed E-state index contributed by atoms with van der Waals surface area (Å²) in [7, 11) is 0. The summed E-state index contributed by atoms with van der Waals surface area (Å²) in [6.07, 6.45) is -0.985. The van der Waals surface area contributed by atoms with E-state index in [1.165, 1.54) is 18.3 Å². The van der Waals surface area contributed by atoms with Crippen molar-refractivity contribution in [3.05, 3.63) is 39.7 Å². The van der Waals surface area contributed by atoms with Crippen LogP contribution in [0.4, 0.5) is 5.82 Å². The SMILES string of the molecule is Cc1cc(NC(=O)[C@H](C)OC(=O)c2csc(-c3ccsc3)n2)no1. The molecule has 0 aromatic carbocycles. The summed E-state index contributed by atoms with van der Waals surface area (Å²) in [5, 5.41) is 12.4. The highest BCUT2D eigenvalue weighted by Crippen LogP contribution is 2.26. The Morgan fingerprint density at radius 3 is 2.88 bits per heavy atom. The van der Waals surface area contributed by atoms with Gasteiger partial charge in [0, 0.05) is 22.4 Å². The van der Waals surface area contributed by atoms with Crippen LogP contribution in [0.1, 0.15) is 23.2 Å². The number of esters is 1. The molecule has 0 bridgehead atoms. The molecule has 1 N–H and O–H groups in total. The molecule has 124 valence electrons. The highest BCUT2D eigenvalue weighted by Gasteiger charge is 2.22. The van der Waals surface area contributed by atoms with Gasteiger partial charge in [-0.05, 0) is 25.3 Å². The van der Waals surface area contributed by atoms with Gasteiger partial charge in [-0.15, -0.1) is 11.3 Å². The van der Waals surface area contributed by atoms with E-state index in [1.54, 1.807) is 29.7 Å². The molecule has 0 saturated carbocycles. The van der Waals surface area contributed by atoms with Crippen molar-refractivity contribution in [1.29, 1.82) is 0 Å². The van der Waals surface area contributed by atoms with Crippen LogP contribution in [-0.2, 0) is 9.53 Å². The molecule has 0 unspecified atom stereocenters. The number of rotatable bonds is 5. The lowest BCUT2D eigenvalue weighted by molar-refractivity contribution is -0.123. The van der Waals surface area contributed by atoms with E-state index in [9.17, 15) is 9.59 Å². The number of thiazole rings is 1. The standard InChI is InChI=1S/C15H13N3O4S2/c1-8-5-12(18-22-8)17-13(19)9(2)21-15(20)11-7-24-14(16-11)10-3-4-23-6-10/h3-7,9H,1-2H3,(H,17,18,19)/t9-/m0/s1. The zero-order valence-corrected chi connectivity index (χ0v) is 14.4. The Balaban J connectivity index is 1.60. The quantitative estimate of drug-likeness (QED) is 0.699. The van der Waals surface area contributed by atoms with Gasteiger partial charge in [-0.1, -0.05) is 5.16 Å². The maximum absolute atomic E-state index is 12.1. The van der Waals surface area contributed by atoms with Crippen molar-refractivity contribution in [2.24, 2.45) is 0 Å². The molecule has 0 fully saturated rings. The van der Waals surface area contributed by atoms with Crippen molar-refractivity contribution < 1.29 is 18.8 Å². The lowest BCUT2D eigenvalue weighted by Crippen LogP contribution is -2.30. The number of thiophene rings is 1. The summed E-state index contributed by atoms with van der Waals surface area (Å²) < 4.78 is 10.00. The fourth-order valence-corrected chi connectivity index (χ4v) is 3.32.